The molecule has 0 aliphatic heterocycles. The molecule has 1 aromatic rings. The molecule has 2 unspecified atom stereocenters. The number of benzene rings is 1. The molecule has 0 saturated heterocycles. The lowest BCUT2D eigenvalue weighted by molar-refractivity contribution is -0.142. The minimum atomic E-state index is -0.940. The largest absolute Gasteiger partial charge is 0.490 e. The van der Waals surface area contributed by atoms with Gasteiger partial charge in [0.05, 0.1) is 12.7 Å². The third kappa shape index (κ3) is 8.57. The summed E-state index contributed by atoms with van der Waals surface area (Å²) >= 11 is 0. The van der Waals surface area contributed by atoms with Crippen LogP contribution in [-0.2, 0) is 9.53 Å². The van der Waals surface area contributed by atoms with E-state index in [9.17, 15) is 4.79 Å². The van der Waals surface area contributed by atoms with Gasteiger partial charge in [0.2, 0.25) is 0 Å². The first-order valence-corrected chi connectivity index (χ1v) is 10.1. The van der Waals surface area contributed by atoms with Gasteiger partial charge in [-0.2, -0.15) is 0 Å². The average molecular weight is 385 g/mol. The summed E-state index contributed by atoms with van der Waals surface area (Å²) in [6, 6.07) is 8.29. The second-order valence-electron chi connectivity index (χ2n) is 7.40. The Balaban J connectivity index is 1.77. The van der Waals surface area contributed by atoms with Crippen LogP contribution >= 0.6 is 0 Å². The van der Waals surface area contributed by atoms with Gasteiger partial charge in [-0.1, -0.05) is 48.6 Å². The number of ether oxygens (including phenoxy) is 2. The number of rotatable bonds is 11. The van der Waals surface area contributed by atoms with Crippen LogP contribution in [0.5, 0.6) is 5.75 Å². The van der Waals surface area contributed by atoms with Crippen LogP contribution in [0.25, 0.3) is 0 Å². The molecule has 0 spiro atoms. The first-order valence-electron chi connectivity index (χ1n) is 10.1. The van der Waals surface area contributed by atoms with Crippen LogP contribution in [0.3, 0.4) is 0 Å². The topological polar surface area (TPSA) is 55.8 Å². The zero-order chi connectivity index (χ0) is 20.2. The van der Waals surface area contributed by atoms with Crippen LogP contribution in [0.2, 0.25) is 0 Å². The fourth-order valence-electron chi connectivity index (χ4n) is 3.51. The van der Waals surface area contributed by atoms with Crippen LogP contribution in [0.1, 0.15) is 44.1 Å². The van der Waals surface area contributed by atoms with E-state index in [-0.39, 0.29) is 6.61 Å². The summed E-state index contributed by atoms with van der Waals surface area (Å²) in [4.78, 5) is 10.5. The van der Waals surface area contributed by atoms with Gasteiger partial charge < -0.3 is 14.6 Å². The molecule has 0 amide bonds. The Hall–Kier alpha value is -2.33. The summed E-state index contributed by atoms with van der Waals surface area (Å²) in [6.07, 6.45) is 14.7. The second-order valence-corrected chi connectivity index (χ2v) is 7.40. The fourth-order valence-corrected chi connectivity index (χ4v) is 3.51. The molecule has 4 heteroatoms. The highest BCUT2D eigenvalue weighted by atomic mass is 16.5. The molecule has 4 nitrogen and oxygen atoms in total. The second kappa shape index (κ2) is 12.2. The summed E-state index contributed by atoms with van der Waals surface area (Å²) in [5.74, 6) is 0.655. The van der Waals surface area contributed by atoms with E-state index >= 15 is 0 Å². The van der Waals surface area contributed by atoms with Crippen molar-refractivity contribution in [3.8, 4) is 5.75 Å². The molecule has 1 saturated carbocycles. The van der Waals surface area contributed by atoms with Crippen LogP contribution in [0, 0.1) is 12.8 Å². The molecule has 0 aromatic heterocycles. The molecular weight excluding hydrogens is 352 g/mol. The Labute approximate surface area is 168 Å². The van der Waals surface area contributed by atoms with Crippen molar-refractivity contribution >= 4 is 5.97 Å². The van der Waals surface area contributed by atoms with E-state index in [4.69, 9.17) is 14.6 Å². The molecule has 2 atom stereocenters. The van der Waals surface area contributed by atoms with E-state index in [1.807, 2.05) is 6.08 Å². The van der Waals surface area contributed by atoms with E-state index < -0.39 is 5.97 Å². The maximum atomic E-state index is 10.5. The highest BCUT2D eigenvalue weighted by Gasteiger charge is 2.22. The first kappa shape index (κ1) is 22.0. The molecule has 0 radical (unpaired) electrons. The molecule has 1 aliphatic carbocycles. The van der Waals surface area contributed by atoms with Gasteiger partial charge >= 0.3 is 5.97 Å². The number of aliphatic carboxylic acids is 1. The van der Waals surface area contributed by atoms with Gasteiger partial charge in [0.25, 0.3) is 0 Å². The Morgan fingerprint density at radius 3 is 2.79 bits per heavy atom. The fraction of sp³-hybridized carbons (Fsp3) is 0.458. The van der Waals surface area contributed by atoms with Gasteiger partial charge in [0, 0.05) is 0 Å². The summed E-state index contributed by atoms with van der Waals surface area (Å²) in [6.45, 7) is 5.97. The van der Waals surface area contributed by atoms with Gasteiger partial charge in [0.1, 0.15) is 12.4 Å². The van der Waals surface area contributed by atoms with Crippen LogP contribution in [-0.4, -0.2) is 30.4 Å². The summed E-state index contributed by atoms with van der Waals surface area (Å²) in [7, 11) is 0. The molecule has 28 heavy (non-hydrogen) atoms. The van der Waals surface area contributed by atoms with E-state index in [2.05, 4.69) is 49.9 Å². The number of aryl methyl sites for hydroxylation is 1. The zero-order valence-electron chi connectivity index (χ0n) is 16.8. The number of hydrogen-bond acceptors (Lipinski definition) is 3. The smallest absolute Gasteiger partial charge is 0.329 e. The molecule has 2 rings (SSSR count). The number of carboxylic acids is 1. The van der Waals surface area contributed by atoms with Crippen molar-refractivity contribution in [1.29, 1.82) is 0 Å². The van der Waals surface area contributed by atoms with E-state index in [1.165, 1.54) is 18.4 Å². The van der Waals surface area contributed by atoms with Gasteiger partial charge in [-0.25, -0.2) is 4.79 Å². The lowest BCUT2D eigenvalue weighted by atomic mass is 9.85. The highest BCUT2D eigenvalue weighted by molar-refractivity contribution is 5.67. The lowest BCUT2D eigenvalue weighted by Gasteiger charge is -2.29. The Morgan fingerprint density at radius 1 is 1.29 bits per heavy atom. The monoisotopic (exact) mass is 384 g/mol. The van der Waals surface area contributed by atoms with Gasteiger partial charge in [-0.15, -0.1) is 0 Å². The van der Waals surface area contributed by atoms with Gasteiger partial charge in [0.15, 0.2) is 0 Å². The SMILES string of the molecule is C=C/C=C(\C=C/CC1CCCC(Oc2ccc(C)cc2)C1)CCOCC(=O)O. The molecule has 0 bridgehead atoms. The third-order valence-electron chi connectivity index (χ3n) is 4.95. The zero-order valence-corrected chi connectivity index (χ0v) is 16.8. The Bertz CT molecular complexity index is 672. The third-order valence-corrected chi connectivity index (χ3v) is 4.95. The summed E-state index contributed by atoms with van der Waals surface area (Å²) < 4.78 is 11.3. The van der Waals surface area contributed by atoms with Crippen molar-refractivity contribution in [3.63, 3.8) is 0 Å². The normalized spacial score (nSPS) is 20.2. The Kier molecular flexibility index (Phi) is 9.56. The van der Waals surface area contributed by atoms with Crippen LogP contribution in [0.4, 0.5) is 0 Å². The quantitative estimate of drug-likeness (QED) is 0.405. The predicted octanol–water partition coefficient (Wildman–Crippen LogP) is 5.48. The molecular formula is C24H32O4. The highest BCUT2D eigenvalue weighted by Crippen LogP contribution is 2.30. The van der Waals surface area contributed by atoms with E-state index in [0.717, 1.165) is 30.6 Å². The average Bonchev–Trinajstić information content (AvgIpc) is 2.67. The van der Waals surface area contributed by atoms with Gasteiger partial charge in [-0.3, -0.25) is 0 Å². The van der Waals surface area contributed by atoms with Crippen molar-refractivity contribution in [1.82, 2.24) is 0 Å². The maximum Gasteiger partial charge on any atom is 0.329 e. The lowest BCUT2D eigenvalue weighted by Crippen LogP contribution is -2.25. The van der Waals surface area contributed by atoms with Crippen LogP contribution < -0.4 is 4.74 Å². The Morgan fingerprint density at radius 2 is 2.07 bits per heavy atom. The van der Waals surface area contributed by atoms with E-state index in [0.29, 0.717) is 25.0 Å². The minimum absolute atomic E-state index is 0.254. The summed E-state index contributed by atoms with van der Waals surface area (Å²) in [5, 5.41) is 8.61. The van der Waals surface area contributed by atoms with E-state index in [1.54, 1.807) is 6.08 Å². The van der Waals surface area contributed by atoms with Crippen molar-refractivity contribution in [2.75, 3.05) is 13.2 Å². The number of allylic oxidation sites excluding steroid dienone is 4. The molecule has 1 aromatic carbocycles. The predicted molar refractivity (Wildman–Crippen MR) is 113 cm³/mol. The number of carbonyl (C=O) groups is 1. The molecule has 1 N–H and O–H groups in total. The molecule has 1 aliphatic rings. The maximum absolute atomic E-state index is 10.5. The van der Waals surface area contributed by atoms with Crippen molar-refractivity contribution in [3.05, 3.63) is 66.3 Å². The molecule has 152 valence electrons. The first-order chi connectivity index (χ1) is 13.6. The van der Waals surface area contributed by atoms with Crippen molar-refractivity contribution in [2.45, 2.75) is 51.6 Å². The molecule has 0 heterocycles. The molecule has 1 fully saturated rings. The van der Waals surface area contributed by atoms with Crippen LogP contribution in [0.15, 0.2) is 60.7 Å². The summed E-state index contributed by atoms with van der Waals surface area (Å²) in [5.41, 5.74) is 2.35. The minimum Gasteiger partial charge on any atom is -0.490 e. The standard InChI is InChI=1S/C24H32O4/c1-3-6-20(15-16-27-18-24(25)26)7-4-8-21-9-5-10-23(17-21)28-22-13-11-19(2)12-14-22/h3-4,6-7,11-14,21,23H,1,5,8-10,15-18H2,2H3,(H,25,26)/b7-4-,20-6+. The number of carboxylic acid groups (broad SMARTS) is 1. The number of hydrogen-bond donors (Lipinski definition) is 1. The van der Waals surface area contributed by atoms with Crippen molar-refractivity contribution in [2.24, 2.45) is 5.92 Å². The van der Waals surface area contributed by atoms with Gasteiger partial charge in [-0.05, 0) is 69.1 Å². The van der Waals surface area contributed by atoms with Crippen molar-refractivity contribution < 1.29 is 19.4 Å².